The molecule has 0 aliphatic rings. The zero-order chi connectivity index (χ0) is 30.7. The van der Waals surface area contributed by atoms with E-state index in [-0.39, 0.29) is 19.5 Å². The Bertz CT molecular complexity index is 1460. The number of guanidine groups is 1. The van der Waals surface area contributed by atoms with Gasteiger partial charge in [0, 0.05) is 12.2 Å². The lowest BCUT2D eigenvalue weighted by molar-refractivity contribution is -0.485. The number of hydrogen-bond acceptors (Lipinski definition) is 7. The van der Waals surface area contributed by atoms with Crippen LogP contribution in [0, 0.1) is 10.1 Å². The van der Waals surface area contributed by atoms with Gasteiger partial charge in [-0.1, -0.05) is 72.8 Å². The molecule has 3 aromatic rings. The minimum Gasteiger partial charge on any atom is -0.364 e. The number of sulfonamides is 1. The van der Waals surface area contributed by atoms with E-state index < -0.39 is 44.8 Å². The zero-order valence-electron chi connectivity index (χ0n) is 22.9. The third-order valence-electron chi connectivity index (χ3n) is 6.21. The number of anilines is 1. The molecule has 0 saturated carbocycles. The Morgan fingerprint density at radius 2 is 1.52 bits per heavy atom. The fourth-order valence-corrected chi connectivity index (χ4v) is 4.99. The van der Waals surface area contributed by atoms with Crippen molar-refractivity contribution in [3.05, 3.63) is 112 Å². The maximum atomic E-state index is 14.5. The first kappa shape index (κ1) is 31.7. The number of hydrazone groups is 1. The van der Waals surface area contributed by atoms with Gasteiger partial charge >= 0.3 is 0 Å². The number of amides is 2. The molecule has 14 heteroatoms. The molecule has 0 heterocycles. The number of nitro groups is 1. The number of carbonyl (C=O) groups excluding carboxylic acids is 2. The molecule has 0 spiro atoms. The van der Waals surface area contributed by atoms with E-state index in [0.29, 0.717) is 28.8 Å². The largest absolute Gasteiger partial charge is 0.364 e. The third-order valence-corrected chi connectivity index (χ3v) is 6.81. The maximum Gasteiger partial charge on any atom is 0.272 e. The van der Waals surface area contributed by atoms with Crippen molar-refractivity contribution in [3.8, 4) is 0 Å². The monoisotopic (exact) mass is 595 g/mol. The fraction of sp³-hybridized carbons (Fsp3) is 0.250. The van der Waals surface area contributed by atoms with Crippen LogP contribution >= 0.6 is 0 Å². The molecule has 3 rings (SSSR count). The molecule has 1 atom stereocenters. The molecule has 0 radical (unpaired) electrons. The van der Waals surface area contributed by atoms with E-state index in [0.717, 1.165) is 6.26 Å². The molecule has 0 aliphatic carbocycles. The molecule has 0 aliphatic heterocycles. The predicted octanol–water partition coefficient (Wildman–Crippen LogP) is 1.95. The van der Waals surface area contributed by atoms with Crippen LogP contribution in [0.5, 0.6) is 0 Å². The van der Waals surface area contributed by atoms with Crippen LogP contribution in [0.3, 0.4) is 0 Å². The first-order valence-electron chi connectivity index (χ1n) is 12.9. The van der Waals surface area contributed by atoms with E-state index in [4.69, 9.17) is 11.5 Å². The van der Waals surface area contributed by atoms with Gasteiger partial charge in [-0.25, -0.2) is 18.5 Å². The van der Waals surface area contributed by atoms with Gasteiger partial charge < -0.3 is 16.4 Å². The first-order valence-corrected chi connectivity index (χ1v) is 14.8. The molecular weight excluding hydrogens is 562 g/mol. The van der Waals surface area contributed by atoms with Crippen molar-refractivity contribution >= 4 is 33.5 Å². The summed E-state index contributed by atoms with van der Waals surface area (Å²) < 4.78 is 25.7. The minimum absolute atomic E-state index is 0.0525. The van der Waals surface area contributed by atoms with Gasteiger partial charge in [0.15, 0.2) is 5.03 Å². The summed E-state index contributed by atoms with van der Waals surface area (Å²) in [5, 5.41) is 14.9. The molecule has 13 nitrogen and oxygen atoms in total. The number of nitrogens with zero attached hydrogens (tertiary/aromatic N) is 3. The summed E-state index contributed by atoms with van der Waals surface area (Å²) in [7, 11) is -3.50. The van der Waals surface area contributed by atoms with Gasteiger partial charge in [0.2, 0.25) is 21.8 Å². The highest BCUT2D eigenvalue weighted by Gasteiger charge is 2.35. The van der Waals surface area contributed by atoms with E-state index in [1.165, 1.54) is 4.90 Å². The second-order valence-electron chi connectivity index (χ2n) is 9.45. The van der Waals surface area contributed by atoms with Crippen molar-refractivity contribution in [1.29, 1.82) is 0 Å². The van der Waals surface area contributed by atoms with Gasteiger partial charge in [-0.3, -0.25) is 19.6 Å². The predicted molar refractivity (Wildman–Crippen MR) is 159 cm³/mol. The second kappa shape index (κ2) is 14.7. The number of hydrogen-bond donors (Lipinski definition) is 4. The molecule has 0 aromatic heterocycles. The summed E-state index contributed by atoms with van der Waals surface area (Å²) in [5.41, 5.74) is 13.6. The van der Waals surface area contributed by atoms with Crippen molar-refractivity contribution in [2.45, 2.75) is 31.3 Å². The van der Waals surface area contributed by atoms with E-state index in [9.17, 15) is 28.1 Å². The lowest BCUT2D eigenvalue weighted by Gasteiger charge is -2.34. The van der Waals surface area contributed by atoms with Crippen LogP contribution in [0.4, 0.5) is 5.69 Å². The number of rotatable bonds is 13. The van der Waals surface area contributed by atoms with E-state index >= 15 is 0 Å². The average Bonchev–Trinajstić information content (AvgIpc) is 2.93. The van der Waals surface area contributed by atoms with Crippen LogP contribution in [0.2, 0.25) is 0 Å². The molecular formula is C28H33N7O6S. The van der Waals surface area contributed by atoms with E-state index in [1.807, 2.05) is 60.7 Å². The third kappa shape index (κ3) is 9.38. The van der Waals surface area contributed by atoms with Gasteiger partial charge in [0.1, 0.15) is 11.1 Å². The molecule has 42 heavy (non-hydrogen) atoms. The second-order valence-corrected chi connectivity index (χ2v) is 11.2. The van der Waals surface area contributed by atoms with Gasteiger partial charge in [0.05, 0.1) is 12.2 Å². The van der Waals surface area contributed by atoms with Crippen LogP contribution in [0.15, 0.2) is 90.0 Å². The summed E-state index contributed by atoms with van der Waals surface area (Å²) in [6.45, 7) is 0.167. The maximum absolute atomic E-state index is 14.5. The molecule has 6 N–H and O–H groups in total. The highest BCUT2D eigenvalue weighted by molar-refractivity contribution is 7.92. The van der Waals surface area contributed by atoms with Crippen molar-refractivity contribution < 1.29 is 23.0 Å². The molecule has 2 amide bonds. The van der Waals surface area contributed by atoms with Crippen LogP contribution in [-0.2, 0) is 26.2 Å². The molecule has 222 valence electrons. The van der Waals surface area contributed by atoms with Crippen molar-refractivity contribution in [2.75, 3.05) is 17.5 Å². The van der Waals surface area contributed by atoms with Gasteiger partial charge in [-0.2, -0.15) is 0 Å². The normalized spacial score (nSPS) is 12.4. The number of benzene rings is 3. The molecule has 0 unspecified atom stereocenters. The van der Waals surface area contributed by atoms with Crippen molar-refractivity contribution in [3.63, 3.8) is 0 Å². The highest BCUT2D eigenvalue weighted by atomic mass is 32.2. The Morgan fingerprint density at radius 1 is 0.976 bits per heavy atom. The Hall–Kier alpha value is -4.82. The standard InChI is InChI=1S/C28H33N7O6S/c1-42(40,41)33-23-16-14-20(15-17-23)19-34(24(13-8-18-29)26(36)31-28(30)32-35(38)39)27(37)25(21-9-4-2-5-10-21)22-11-6-3-7-12-22/h2-7,9-12,14-17,24-25,33H,8,13,18-19,29H2,1H3,(H3,30,31,32,36)/t24-/m0/s1. The number of nitrogens with one attached hydrogen (secondary N) is 2. The highest BCUT2D eigenvalue weighted by Crippen LogP contribution is 2.29. The van der Waals surface area contributed by atoms with Crippen LogP contribution in [0.25, 0.3) is 0 Å². The van der Waals surface area contributed by atoms with Gasteiger partial charge in [-0.15, -0.1) is 0 Å². The summed E-state index contributed by atoms with van der Waals surface area (Å²) in [4.78, 5) is 40.2. The van der Waals surface area contributed by atoms with Crippen LogP contribution in [-0.4, -0.2) is 55.0 Å². The first-order chi connectivity index (χ1) is 20.0. The van der Waals surface area contributed by atoms with E-state index in [1.54, 1.807) is 24.3 Å². The van der Waals surface area contributed by atoms with Crippen LogP contribution < -0.4 is 21.5 Å². The van der Waals surface area contributed by atoms with Gasteiger partial charge in [0.25, 0.3) is 5.96 Å². The average molecular weight is 596 g/mol. The van der Waals surface area contributed by atoms with E-state index in [2.05, 4.69) is 15.1 Å². The topological polar surface area (TPSA) is 203 Å². The number of nitrogens with two attached hydrogens (primary N) is 2. The Balaban J connectivity index is 2.10. The quantitative estimate of drug-likeness (QED) is 0.0992. The summed E-state index contributed by atoms with van der Waals surface area (Å²) in [6, 6.07) is 23.4. The summed E-state index contributed by atoms with van der Waals surface area (Å²) >= 11 is 0. The van der Waals surface area contributed by atoms with Gasteiger partial charge in [-0.05, 0) is 48.2 Å². The SMILES string of the molecule is CS(=O)(=O)Nc1ccc(CN(C(=O)C(c2ccccc2)c2ccccc2)[C@@H](CCCN)C(=O)NC(N)=N[N+](=O)[O-])cc1. The Labute approximate surface area is 243 Å². The fourth-order valence-electron chi connectivity index (χ4n) is 4.43. The zero-order valence-corrected chi connectivity index (χ0v) is 23.7. The lowest BCUT2D eigenvalue weighted by atomic mass is 9.89. The minimum atomic E-state index is -3.50. The Morgan fingerprint density at radius 3 is 2.00 bits per heavy atom. The molecule has 0 fully saturated rings. The summed E-state index contributed by atoms with van der Waals surface area (Å²) in [5.74, 6) is -2.70. The van der Waals surface area contributed by atoms with Crippen molar-refractivity contribution in [1.82, 2.24) is 10.2 Å². The Kier molecular flexibility index (Phi) is 11.1. The smallest absolute Gasteiger partial charge is 0.272 e. The lowest BCUT2D eigenvalue weighted by Crippen LogP contribution is -2.53. The van der Waals surface area contributed by atoms with Crippen LogP contribution in [0.1, 0.15) is 35.4 Å². The molecule has 0 saturated heterocycles. The number of carbonyl (C=O) groups is 2. The van der Waals surface area contributed by atoms with Crippen molar-refractivity contribution in [2.24, 2.45) is 16.6 Å². The molecule has 3 aromatic carbocycles. The summed E-state index contributed by atoms with van der Waals surface area (Å²) in [6.07, 6.45) is 1.51. The molecule has 0 bridgehead atoms.